The van der Waals surface area contributed by atoms with Gasteiger partial charge < -0.3 is 30.5 Å². The Morgan fingerprint density at radius 1 is 1.33 bits per heavy atom. The van der Waals surface area contributed by atoms with E-state index in [0.29, 0.717) is 0 Å². The van der Waals surface area contributed by atoms with Gasteiger partial charge in [0.2, 0.25) is 11.3 Å². The predicted octanol–water partition coefficient (Wildman–Crippen LogP) is -1.66. The van der Waals surface area contributed by atoms with Crippen LogP contribution in [-0.4, -0.2) is 72.9 Å². The average molecular weight is 342 g/mol. The molecule has 0 spiro atoms. The normalized spacial score (nSPS) is 29.9. The minimum Gasteiger partial charge on any atom is -0.394 e. The van der Waals surface area contributed by atoms with Crippen molar-refractivity contribution in [1.29, 1.82) is 0 Å². The van der Waals surface area contributed by atoms with Crippen molar-refractivity contribution < 1.29 is 34.7 Å². The molecule has 1 aliphatic heterocycles. The van der Waals surface area contributed by atoms with Crippen LogP contribution >= 0.6 is 0 Å². The first kappa shape index (κ1) is 16.5. The van der Waals surface area contributed by atoms with Gasteiger partial charge in [0.25, 0.3) is 0 Å². The molecule has 5 N–H and O–H groups in total. The molecule has 0 aliphatic carbocycles. The Kier molecular flexibility index (Phi) is 4.06. The Morgan fingerprint density at radius 2 is 2.04 bits per heavy atom. The molecule has 1 saturated heterocycles. The first-order chi connectivity index (χ1) is 11.4. The summed E-state index contributed by atoms with van der Waals surface area (Å²) in [5, 5.41) is 59.7. The van der Waals surface area contributed by atoms with Gasteiger partial charge in [-0.25, -0.2) is 4.63 Å². The summed E-state index contributed by atoms with van der Waals surface area (Å²) in [5.41, 5.74) is -0.283. The maximum Gasteiger partial charge on any atom is 0.300 e. The Labute approximate surface area is 133 Å². The number of nitrogens with zero attached hydrogens (tertiary/aromatic N) is 3. The van der Waals surface area contributed by atoms with E-state index in [1.807, 2.05) is 0 Å². The SMILES string of the molecule is O=[N+]([O-])c1ccc(N[C@H]2[C@H](O)[C@@H](CO)O[C@]2(O)CO)c2nonc12. The quantitative estimate of drug-likeness (QED) is 0.309. The largest absolute Gasteiger partial charge is 0.394 e. The maximum absolute atomic E-state index is 11.0. The summed E-state index contributed by atoms with van der Waals surface area (Å²) in [6, 6.07) is 1.21. The van der Waals surface area contributed by atoms with Crippen LogP contribution in [0.1, 0.15) is 0 Å². The fourth-order valence-corrected chi connectivity index (χ4v) is 2.65. The number of hydrogen-bond donors (Lipinski definition) is 5. The number of anilines is 1. The summed E-state index contributed by atoms with van der Waals surface area (Å²) < 4.78 is 9.59. The first-order valence-corrected chi connectivity index (χ1v) is 6.87. The minimum atomic E-state index is -2.17. The van der Waals surface area contributed by atoms with Crippen molar-refractivity contribution in [3.05, 3.63) is 22.2 Å². The van der Waals surface area contributed by atoms with Gasteiger partial charge in [-0.3, -0.25) is 10.1 Å². The summed E-state index contributed by atoms with van der Waals surface area (Å²) >= 11 is 0. The molecule has 3 rings (SSSR count). The third-order valence-corrected chi connectivity index (χ3v) is 3.87. The molecular formula is C12H14N4O8. The van der Waals surface area contributed by atoms with Gasteiger partial charge in [-0.05, 0) is 16.4 Å². The number of aliphatic hydroxyl groups is 4. The monoisotopic (exact) mass is 342 g/mol. The molecule has 1 aliphatic rings. The molecule has 0 radical (unpaired) electrons. The van der Waals surface area contributed by atoms with Crippen molar-refractivity contribution in [2.45, 2.75) is 24.0 Å². The number of hydrogen-bond acceptors (Lipinski definition) is 11. The van der Waals surface area contributed by atoms with Crippen LogP contribution in [0, 0.1) is 10.1 Å². The van der Waals surface area contributed by atoms with E-state index in [2.05, 4.69) is 20.3 Å². The number of non-ortho nitro benzene ring substituents is 1. The number of rotatable bonds is 5. The second kappa shape index (κ2) is 5.92. The van der Waals surface area contributed by atoms with Gasteiger partial charge in [-0.15, -0.1) is 0 Å². The van der Waals surface area contributed by atoms with Gasteiger partial charge in [0.1, 0.15) is 18.2 Å². The Hall–Kier alpha value is -2.38. The molecule has 2 heterocycles. The number of aromatic nitrogens is 2. The van der Waals surface area contributed by atoms with Crippen LogP contribution in [0.4, 0.5) is 11.4 Å². The van der Waals surface area contributed by atoms with Gasteiger partial charge in [0.15, 0.2) is 5.52 Å². The van der Waals surface area contributed by atoms with Crippen molar-refractivity contribution in [3.8, 4) is 0 Å². The third-order valence-electron chi connectivity index (χ3n) is 3.87. The summed E-state index contributed by atoms with van der Waals surface area (Å²) in [4.78, 5) is 10.3. The smallest absolute Gasteiger partial charge is 0.300 e. The van der Waals surface area contributed by atoms with Crippen molar-refractivity contribution in [3.63, 3.8) is 0 Å². The second-order valence-electron chi connectivity index (χ2n) is 5.31. The zero-order chi connectivity index (χ0) is 17.5. The molecule has 1 fully saturated rings. The van der Waals surface area contributed by atoms with E-state index in [1.165, 1.54) is 6.07 Å². The number of fused-ring (bicyclic) bond motifs is 1. The Balaban J connectivity index is 1.99. The molecule has 0 unspecified atom stereocenters. The number of ether oxygens (including phenoxy) is 1. The zero-order valence-corrected chi connectivity index (χ0v) is 12.1. The van der Waals surface area contributed by atoms with E-state index in [4.69, 9.17) is 9.84 Å². The highest BCUT2D eigenvalue weighted by Gasteiger charge is 2.53. The summed E-state index contributed by atoms with van der Waals surface area (Å²) in [5.74, 6) is -2.17. The molecule has 0 saturated carbocycles. The van der Waals surface area contributed by atoms with Crippen molar-refractivity contribution in [1.82, 2.24) is 10.3 Å². The molecule has 12 heteroatoms. The van der Waals surface area contributed by atoms with Crippen LogP contribution in [0.5, 0.6) is 0 Å². The van der Waals surface area contributed by atoms with Gasteiger partial charge in [-0.2, -0.15) is 0 Å². The van der Waals surface area contributed by atoms with Gasteiger partial charge in [0.05, 0.1) is 23.8 Å². The maximum atomic E-state index is 11.0. The molecule has 2 aromatic rings. The molecule has 1 aromatic heterocycles. The second-order valence-corrected chi connectivity index (χ2v) is 5.31. The van der Waals surface area contributed by atoms with Crippen LogP contribution in [0.3, 0.4) is 0 Å². The fourth-order valence-electron chi connectivity index (χ4n) is 2.65. The van der Waals surface area contributed by atoms with Gasteiger partial charge in [-0.1, -0.05) is 0 Å². The number of nitrogens with one attached hydrogen (secondary N) is 1. The molecule has 1 aromatic carbocycles. The molecule has 4 atom stereocenters. The van der Waals surface area contributed by atoms with Crippen LogP contribution in [0.15, 0.2) is 16.8 Å². The minimum absolute atomic E-state index is 0.00383. The average Bonchev–Trinajstić information content (AvgIpc) is 3.13. The van der Waals surface area contributed by atoms with Crippen molar-refractivity contribution >= 4 is 22.4 Å². The molecule has 0 amide bonds. The zero-order valence-electron chi connectivity index (χ0n) is 12.1. The lowest BCUT2D eigenvalue weighted by Crippen LogP contribution is -2.51. The van der Waals surface area contributed by atoms with E-state index in [-0.39, 0.29) is 22.4 Å². The summed E-state index contributed by atoms with van der Waals surface area (Å²) in [6.07, 6.45) is -2.49. The van der Waals surface area contributed by atoms with E-state index < -0.39 is 42.2 Å². The highest BCUT2D eigenvalue weighted by Crippen LogP contribution is 2.34. The van der Waals surface area contributed by atoms with E-state index in [9.17, 15) is 25.4 Å². The lowest BCUT2D eigenvalue weighted by atomic mass is 10.0. The van der Waals surface area contributed by atoms with E-state index >= 15 is 0 Å². The van der Waals surface area contributed by atoms with Gasteiger partial charge in [0, 0.05) is 6.07 Å². The van der Waals surface area contributed by atoms with Crippen LogP contribution < -0.4 is 5.32 Å². The molecule has 24 heavy (non-hydrogen) atoms. The summed E-state index contributed by atoms with van der Waals surface area (Å²) in [7, 11) is 0. The van der Waals surface area contributed by atoms with E-state index in [1.54, 1.807) is 0 Å². The highest BCUT2D eigenvalue weighted by atomic mass is 16.7. The Bertz CT molecular complexity index is 767. The number of nitro groups is 1. The third kappa shape index (κ3) is 2.46. The van der Waals surface area contributed by atoms with Crippen molar-refractivity contribution in [2.24, 2.45) is 0 Å². The Morgan fingerprint density at radius 3 is 2.67 bits per heavy atom. The number of benzene rings is 1. The predicted molar refractivity (Wildman–Crippen MR) is 75.9 cm³/mol. The number of nitro benzene ring substituents is 1. The molecule has 12 nitrogen and oxygen atoms in total. The molecule has 0 bridgehead atoms. The fraction of sp³-hybridized carbons (Fsp3) is 0.500. The topological polar surface area (TPSA) is 184 Å². The standard InChI is InChI=1S/C12H14N4O8/c17-3-7-10(19)11(12(20,4-18)23-7)13-5-1-2-6(16(21)22)9-8(5)14-24-15-9/h1-2,7,10-11,13,17-20H,3-4H2/t7-,10-,11+,12-/m1/s1. The van der Waals surface area contributed by atoms with Crippen LogP contribution in [0.25, 0.3) is 11.0 Å². The first-order valence-electron chi connectivity index (χ1n) is 6.87. The summed E-state index contributed by atoms with van der Waals surface area (Å²) in [6.45, 7) is -1.44. The highest BCUT2D eigenvalue weighted by molar-refractivity contribution is 5.93. The number of aliphatic hydroxyl groups excluding tert-OH is 3. The lowest BCUT2D eigenvalue weighted by Gasteiger charge is -2.28. The lowest BCUT2D eigenvalue weighted by molar-refractivity contribution is -0.383. The van der Waals surface area contributed by atoms with Crippen molar-refractivity contribution in [2.75, 3.05) is 18.5 Å². The van der Waals surface area contributed by atoms with Gasteiger partial charge >= 0.3 is 5.69 Å². The van der Waals surface area contributed by atoms with Crippen LogP contribution in [0.2, 0.25) is 0 Å². The van der Waals surface area contributed by atoms with E-state index in [0.717, 1.165) is 6.07 Å². The van der Waals surface area contributed by atoms with Crippen LogP contribution in [-0.2, 0) is 4.74 Å². The molecular weight excluding hydrogens is 328 g/mol. The molecule has 130 valence electrons.